The zero-order valence-corrected chi connectivity index (χ0v) is 12.9. The van der Waals surface area contributed by atoms with Crippen molar-refractivity contribution in [1.82, 2.24) is 10.2 Å². The van der Waals surface area contributed by atoms with Gasteiger partial charge in [0.2, 0.25) is 0 Å². The molecule has 0 unspecified atom stereocenters. The van der Waals surface area contributed by atoms with Gasteiger partial charge >= 0.3 is 0 Å². The highest BCUT2D eigenvalue weighted by molar-refractivity contribution is 6.31. The molecule has 1 aromatic carbocycles. The summed E-state index contributed by atoms with van der Waals surface area (Å²) in [5.41, 5.74) is 0.844. The van der Waals surface area contributed by atoms with Crippen molar-refractivity contribution in [2.24, 2.45) is 0 Å². The van der Waals surface area contributed by atoms with Crippen molar-refractivity contribution < 1.29 is 14.3 Å². The highest BCUT2D eigenvalue weighted by atomic mass is 35.5. The molecule has 1 N–H and O–H groups in total. The fourth-order valence-electron chi connectivity index (χ4n) is 1.50. The van der Waals surface area contributed by atoms with Crippen molar-refractivity contribution in [2.45, 2.75) is 6.54 Å². The molecular formula is C14H21ClN2O3. The molecule has 0 aliphatic carbocycles. The Balaban J connectivity index is 2.65. The van der Waals surface area contributed by atoms with E-state index in [1.807, 2.05) is 6.07 Å². The number of likely N-dealkylation sites (N-methyl/N-ethyl adjacent to an activating group) is 1. The lowest BCUT2D eigenvalue weighted by molar-refractivity contribution is -0.130. The molecule has 0 saturated carbocycles. The largest absolute Gasteiger partial charge is 0.483 e. The van der Waals surface area contributed by atoms with Crippen LogP contribution in [-0.2, 0) is 16.1 Å². The average Bonchev–Trinajstić information content (AvgIpc) is 2.42. The van der Waals surface area contributed by atoms with E-state index in [9.17, 15) is 4.79 Å². The summed E-state index contributed by atoms with van der Waals surface area (Å²) in [5, 5.41) is 3.82. The van der Waals surface area contributed by atoms with Gasteiger partial charge in [-0.2, -0.15) is 0 Å². The first-order valence-electron chi connectivity index (χ1n) is 6.36. The lowest BCUT2D eigenvalue weighted by Crippen LogP contribution is -2.28. The minimum Gasteiger partial charge on any atom is -0.483 e. The summed E-state index contributed by atoms with van der Waals surface area (Å²) in [4.78, 5) is 13.0. The monoisotopic (exact) mass is 300 g/mol. The third kappa shape index (κ3) is 5.36. The molecule has 0 heterocycles. The molecule has 1 rings (SSSR count). The Morgan fingerprint density at radius 3 is 2.80 bits per heavy atom. The molecule has 0 saturated heterocycles. The first-order chi connectivity index (χ1) is 9.56. The Morgan fingerprint density at radius 2 is 2.15 bits per heavy atom. The topological polar surface area (TPSA) is 50.8 Å². The maximum atomic E-state index is 11.5. The standard InChI is InChI=1S/C14H21ClN2O3/c1-17(2)14(18)10-20-13-6-4-5-12(15)11(13)9-16-7-8-19-3/h4-6,16H,7-10H2,1-3H3. The molecule has 112 valence electrons. The summed E-state index contributed by atoms with van der Waals surface area (Å²) in [5.74, 6) is 0.529. The van der Waals surface area contributed by atoms with Crippen LogP contribution in [0.5, 0.6) is 5.75 Å². The Morgan fingerprint density at radius 1 is 1.40 bits per heavy atom. The van der Waals surface area contributed by atoms with E-state index in [1.165, 1.54) is 4.90 Å². The van der Waals surface area contributed by atoms with Gasteiger partial charge in [0, 0.05) is 44.9 Å². The second-order valence-corrected chi connectivity index (χ2v) is 4.87. The molecule has 0 aliphatic rings. The smallest absolute Gasteiger partial charge is 0.259 e. The third-order valence-electron chi connectivity index (χ3n) is 2.71. The van der Waals surface area contributed by atoms with Gasteiger partial charge in [-0.25, -0.2) is 0 Å². The highest BCUT2D eigenvalue weighted by Crippen LogP contribution is 2.26. The van der Waals surface area contributed by atoms with Crippen molar-refractivity contribution in [3.8, 4) is 5.75 Å². The summed E-state index contributed by atoms with van der Waals surface area (Å²) < 4.78 is 10.5. The number of hydrogen-bond acceptors (Lipinski definition) is 4. The Hall–Kier alpha value is -1.30. The lowest BCUT2D eigenvalue weighted by atomic mass is 10.2. The quantitative estimate of drug-likeness (QED) is 0.740. The summed E-state index contributed by atoms with van der Waals surface area (Å²) >= 11 is 6.17. The van der Waals surface area contributed by atoms with E-state index < -0.39 is 0 Å². The Kier molecular flexibility index (Phi) is 7.36. The third-order valence-corrected chi connectivity index (χ3v) is 3.06. The van der Waals surface area contributed by atoms with Gasteiger partial charge in [0.15, 0.2) is 6.61 Å². The molecule has 0 atom stereocenters. The number of methoxy groups -OCH3 is 1. The summed E-state index contributed by atoms with van der Waals surface area (Å²) in [6, 6.07) is 5.41. The number of carbonyl (C=O) groups is 1. The van der Waals surface area contributed by atoms with Crippen LogP contribution in [-0.4, -0.2) is 51.8 Å². The van der Waals surface area contributed by atoms with Crippen molar-refractivity contribution in [1.29, 1.82) is 0 Å². The van der Waals surface area contributed by atoms with Crippen LogP contribution in [0.3, 0.4) is 0 Å². The summed E-state index contributed by atoms with van der Waals surface area (Å²) in [6.07, 6.45) is 0. The van der Waals surface area contributed by atoms with Crippen LogP contribution >= 0.6 is 11.6 Å². The van der Waals surface area contributed by atoms with Gasteiger partial charge in [-0.3, -0.25) is 4.79 Å². The molecule has 20 heavy (non-hydrogen) atoms. The molecule has 1 aromatic rings. The molecule has 0 fully saturated rings. The number of amides is 1. The first-order valence-corrected chi connectivity index (χ1v) is 6.74. The van der Waals surface area contributed by atoms with Gasteiger partial charge in [-0.15, -0.1) is 0 Å². The van der Waals surface area contributed by atoms with Crippen LogP contribution in [0.15, 0.2) is 18.2 Å². The van der Waals surface area contributed by atoms with Gasteiger partial charge in [0.05, 0.1) is 6.61 Å². The zero-order valence-electron chi connectivity index (χ0n) is 12.1. The van der Waals surface area contributed by atoms with Gasteiger partial charge in [-0.1, -0.05) is 17.7 Å². The normalized spacial score (nSPS) is 10.4. The maximum Gasteiger partial charge on any atom is 0.259 e. The fraction of sp³-hybridized carbons (Fsp3) is 0.500. The number of hydrogen-bond donors (Lipinski definition) is 1. The van der Waals surface area contributed by atoms with E-state index in [4.69, 9.17) is 21.1 Å². The van der Waals surface area contributed by atoms with Crippen LogP contribution in [0.2, 0.25) is 5.02 Å². The van der Waals surface area contributed by atoms with E-state index in [1.54, 1.807) is 33.3 Å². The van der Waals surface area contributed by atoms with Crippen molar-refractivity contribution in [3.05, 3.63) is 28.8 Å². The Bertz CT molecular complexity index is 438. The number of rotatable bonds is 8. The molecule has 0 aromatic heterocycles. The summed E-state index contributed by atoms with van der Waals surface area (Å²) in [7, 11) is 5.03. The second kappa shape index (κ2) is 8.79. The lowest BCUT2D eigenvalue weighted by Gasteiger charge is -2.15. The van der Waals surface area contributed by atoms with Gasteiger partial charge in [-0.05, 0) is 12.1 Å². The van der Waals surface area contributed by atoms with Crippen LogP contribution < -0.4 is 10.1 Å². The zero-order chi connectivity index (χ0) is 15.0. The van der Waals surface area contributed by atoms with Crippen LogP contribution in [0.1, 0.15) is 5.56 Å². The van der Waals surface area contributed by atoms with E-state index in [0.717, 1.165) is 12.1 Å². The number of halogens is 1. The minimum absolute atomic E-state index is 0.00157. The van der Waals surface area contributed by atoms with E-state index >= 15 is 0 Å². The van der Waals surface area contributed by atoms with Gasteiger partial charge in [0.25, 0.3) is 5.91 Å². The second-order valence-electron chi connectivity index (χ2n) is 4.46. The molecule has 0 aliphatic heterocycles. The highest BCUT2D eigenvalue weighted by Gasteiger charge is 2.10. The van der Waals surface area contributed by atoms with Gasteiger partial charge in [0.1, 0.15) is 5.75 Å². The molecule has 5 nitrogen and oxygen atoms in total. The Labute approximate surface area is 124 Å². The van der Waals surface area contributed by atoms with E-state index in [0.29, 0.717) is 23.9 Å². The number of nitrogens with one attached hydrogen (secondary N) is 1. The molecule has 0 radical (unpaired) electrons. The predicted molar refractivity (Wildman–Crippen MR) is 79.2 cm³/mol. The van der Waals surface area contributed by atoms with Gasteiger partial charge < -0.3 is 19.7 Å². The first kappa shape index (κ1) is 16.8. The van der Waals surface area contributed by atoms with Crippen LogP contribution in [0, 0.1) is 0 Å². The minimum atomic E-state index is -0.0942. The molecular weight excluding hydrogens is 280 g/mol. The SMILES string of the molecule is COCCNCc1c(Cl)cccc1OCC(=O)N(C)C. The average molecular weight is 301 g/mol. The van der Waals surface area contributed by atoms with E-state index in [-0.39, 0.29) is 12.5 Å². The van der Waals surface area contributed by atoms with Crippen molar-refractivity contribution in [2.75, 3.05) is 41.0 Å². The van der Waals surface area contributed by atoms with Crippen LogP contribution in [0.25, 0.3) is 0 Å². The molecule has 6 heteroatoms. The number of nitrogens with zero attached hydrogens (tertiary/aromatic N) is 1. The number of carbonyl (C=O) groups excluding carboxylic acids is 1. The van der Waals surface area contributed by atoms with Crippen molar-refractivity contribution >= 4 is 17.5 Å². The molecule has 0 spiro atoms. The van der Waals surface area contributed by atoms with E-state index in [2.05, 4.69) is 5.32 Å². The van der Waals surface area contributed by atoms with Crippen molar-refractivity contribution in [3.63, 3.8) is 0 Å². The van der Waals surface area contributed by atoms with Crippen LogP contribution in [0.4, 0.5) is 0 Å². The number of benzene rings is 1. The predicted octanol–water partition coefficient (Wildman–Crippen LogP) is 1.54. The number of ether oxygens (including phenoxy) is 2. The molecule has 1 amide bonds. The fourth-order valence-corrected chi connectivity index (χ4v) is 1.73. The molecule has 0 bridgehead atoms. The maximum absolute atomic E-state index is 11.5. The summed E-state index contributed by atoms with van der Waals surface area (Å²) in [6.45, 7) is 1.91.